The summed E-state index contributed by atoms with van der Waals surface area (Å²) in [5.41, 5.74) is 10.7. The van der Waals surface area contributed by atoms with Crippen molar-refractivity contribution in [1.82, 2.24) is 25.2 Å². The molecule has 1 aliphatic rings. The van der Waals surface area contributed by atoms with Crippen LogP contribution in [0.15, 0.2) is 48.0 Å². The third kappa shape index (κ3) is 4.26. The second kappa shape index (κ2) is 8.90. The molecule has 3 heterocycles. The molecule has 5 rings (SSSR count). The number of hydrogen-bond acceptors (Lipinski definition) is 6. The summed E-state index contributed by atoms with van der Waals surface area (Å²) >= 11 is 1.38. The topological polar surface area (TPSA) is 114 Å². The van der Waals surface area contributed by atoms with Gasteiger partial charge in [-0.2, -0.15) is 4.98 Å². The Labute approximate surface area is 201 Å². The molecule has 0 spiro atoms. The molecule has 174 valence electrons. The van der Waals surface area contributed by atoms with Crippen molar-refractivity contribution >= 4 is 34.7 Å². The van der Waals surface area contributed by atoms with Gasteiger partial charge in [-0.15, -0.1) is 16.4 Å². The normalized spacial score (nSPS) is 15.3. The highest BCUT2D eigenvalue weighted by Crippen LogP contribution is 2.31. The Morgan fingerprint density at radius 2 is 2.00 bits per heavy atom. The fourth-order valence-corrected chi connectivity index (χ4v) is 5.23. The predicted octanol–water partition coefficient (Wildman–Crippen LogP) is 3.99. The lowest BCUT2D eigenvalue weighted by molar-refractivity contribution is 0.0931. The van der Waals surface area contributed by atoms with Gasteiger partial charge in [0.1, 0.15) is 0 Å². The molecule has 1 aromatic carbocycles. The van der Waals surface area contributed by atoms with Crippen molar-refractivity contribution in [2.75, 3.05) is 5.73 Å². The Morgan fingerprint density at radius 3 is 2.82 bits per heavy atom. The third-order valence-corrected chi connectivity index (χ3v) is 6.87. The van der Waals surface area contributed by atoms with Crippen molar-refractivity contribution in [1.29, 1.82) is 0 Å². The van der Waals surface area contributed by atoms with Crippen LogP contribution in [0.2, 0.25) is 0 Å². The molecule has 1 aliphatic carbocycles. The summed E-state index contributed by atoms with van der Waals surface area (Å²) in [4.78, 5) is 30.7. The van der Waals surface area contributed by atoms with Gasteiger partial charge in [0.05, 0.1) is 16.5 Å². The third-order valence-electron chi connectivity index (χ3n) is 5.95. The minimum absolute atomic E-state index is 0.0174. The summed E-state index contributed by atoms with van der Waals surface area (Å²) in [6.07, 6.45) is 4.80. The van der Waals surface area contributed by atoms with Gasteiger partial charge >= 0.3 is 0 Å². The molecule has 2 amide bonds. The lowest BCUT2D eigenvalue weighted by atomic mass is 9.88. The average Bonchev–Trinajstić information content (AvgIpc) is 3.44. The van der Waals surface area contributed by atoms with E-state index < -0.39 is 0 Å². The number of aryl methyl sites for hydroxylation is 1. The zero-order chi connectivity index (χ0) is 23.8. The number of benzene rings is 1. The Morgan fingerprint density at radius 1 is 1.18 bits per heavy atom. The van der Waals surface area contributed by atoms with Crippen molar-refractivity contribution in [3.05, 3.63) is 69.5 Å². The van der Waals surface area contributed by atoms with Crippen LogP contribution in [0.5, 0.6) is 0 Å². The second-order valence-electron chi connectivity index (χ2n) is 8.83. The first-order valence-electron chi connectivity index (χ1n) is 11.3. The first-order chi connectivity index (χ1) is 16.4. The molecular weight excluding hydrogens is 448 g/mol. The number of nitrogens with one attached hydrogen (secondary N) is 2. The van der Waals surface area contributed by atoms with Crippen molar-refractivity contribution in [2.45, 2.75) is 45.2 Å². The highest BCUT2D eigenvalue weighted by atomic mass is 32.1. The Bertz CT molecular complexity index is 1390. The van der Waals surface area contributed by atoms with Crippen molar-refractivity contribution < 1.29 is 9.59 Å². The van der Waals surface area contributed by atoms with Crippen LogP contribution in [0.1, 0.15) is 63.9 Å². The molecule has 0 unspecified atom stereocenters. The first-order valence-corrected chi connectivity index (χ1v) is 12.2. The van der Waals surface area contributed by atoms with Crippen LogP contribution in [-0.4, -0.2) is 32.5 Å². The fraction of sp³-hybridized carbons (Fsp3) is 0.280. The number of anilines is 1. The van der Waals surface area contributed by atoms with E-state index in [-0.39, 0.29) is 29.8 Å². The molecule has 9 heteroatoms. The molecule has 3 aromatic heterocycles. The predicted molar refractivity (Wildman–Crippen MR) is 133 cm³/mol. The maximum absolute atomic E-state index is 13.1. The number of aromatic nitrogens is 3. The summed E-state index contributed by atoms with van der Waals surface area (Å²) < 4.78 is 1.51. The lowest BCUT2D eigenvalue weighted by Gasteiger charge is -2.26. The largest absolute Gasteiger partial charge is 0.366 e. The van der Waals surface area contributed by atoms with E-state index in [1.165, 1.54) is 27.0 Å². The summed E-state index contributed by atoms with van der Waals surface area (Å²) in [6, 6.07) is 11.9. The summed E-state index contributed by atoms with van der Waals surface area (Å²) in [5.74, 6) is -0.255. The smallest absolute Gasteiger partial charge is 0.261 e. The number of hydrogen-bond donors (Lipinski definition) is 3. The van der Waals surface area contributed by atoms with Gasteiger partial charge in [-0.05, 0) is 67.3 Å². The standard InChI is InChI=1S/C25H26N6O2S/c1-14(2)27-23(32)19-10-16(12-31-22(19)29-25(26)30-31)17-11-21(34-13-17)24(33)28-20-9-5-7-15-6-3-4-8-18(15)20/h3-4,6,8,10-14,20H,5,7,9H2,1-2H3,(H2,26,30)(H,27,32)(H,28,33)/t20-/m0/s1. The minimum Gasteiger partial charge on any atom is -0.366 e. The minimum atomic E-state index is -0.251. The Balaban J connectivity index is 1.43. The van der Waals surface area contributed by atoms with Crippen molar-refractivity contribution in [2.24, 2.45) is 0 Å². The molecule has 8 nitrogen and oxygen atoms in total. The molecule has 0 saturated heterocycles. The summed E-state index contributed by atoms with van der Waals surface area (Å²) in [5, 5.41) is 12.2. The number of nitrogens with two attached hydrogens (primary N) is 1. The zero-order valence-corrected chi connectivity index (χ0v) is 19.9. The Kier molecular flexibility index (Phi) is 5.79. The van der Waals surface area contributed by atoms with E-state index in [4.69, 9.17) is 5.73 Å². The number of nitrogen functional groups attached to an aromatic ring is 1. The number of carbonyl (C=O) groups is 2. The molecule has 0 saturated carbocycles. The maximum Gasteiger partial charge on any atom is 0.261 e. The molecular formula is C25H26N6O2S. The van der Waals surface area contributed by atoms with E-state index in [0.29, 0.717) is 16.1 Å². The van der Waals surface area contributed by atoms with E-state index in [9.17, 15) is 9.59 Å². The number of nitrogens with zero attached hydrogens (tertiary/aromatic N) is 3. The number of thiophene rings is 1. The molecule has 0 bridgehead atoms. The maximum atomic E-state index is 13.1. The number of rotatable bonds is 5. The van der Waals surface area contributed by atoms with Crippen LogP contribution >= 0.6 is 11.3 Å². The van der Waals surface area contributed by atoms with Crippen molar-refractivity contribution in [3.63, 3.8) is 0 Å². The number of pyridine rings is 1. The van der Waals surface area contributed by atoms with Gasteiger partial charge in [0.15, 0.2) is 5.65 Å². The van der Waals surface area contributed by atoms with E-state index in [0.717, 1.165) is 30.4 Å². The highest BCUT2D eigenvalue weighted by Gasteiger charge is 2.23. The van der Waals surface area contributed by atoms with Gasteiger partial charge < -0.3 is 16.4 Å². The van der Waals surface area contributed by atoms with Crippen LogP contribution in [0, 0.1) is 0 Å². The Hall–Kier alpha value is -3.72. The van der Waals surface area contributed by atoms with Gasteiger partial charge in [-0.1, -0.05) is 24.3 Å². The quantitative estimate of drug-likeness (QED) is 0.405. The number of amides is 2. The van der Waals surface area contributed by atoms with E-state index in [1.807, 2.05) is 37.4 Å². The molecule has 4 N–H and O–H groups in total. The molecule has 1 atom stereocenters. The van der Waals surface area contributed by atoms with Crippen LogP contribution in [0.25, 0.3) is 16.8 Å². The van der Waals surface area contributed by atoms with Crippen LogP contribution < -0.4 is 16.4 Å². The summed E-state index contributed by atoms with van der Waals surface area (Å²) in [6.45, 7) is 3.79. The fourth-order valence-electron chi connectivity index (χ4n) is 4.41. The van der Waals surface area contributed by atoms with E-state index in [2.05, 4.69) is 32.8 Å². The number of fused-ring (bicyclic) bond motifs is 2. The molecule has 34 heavy (non-hydrogen) atoms. The molecule has 0 fully saturated rings. The second-order valence-corrected chi connectivity index (χ2v) is 9.74. The van der Waals surface area contributed by atoms with Crippen molar-refractivity contribution in [3.8, 4) is 11.1 Å². The van der Waals surface area contributed by atoms with Crippen LogP contribution in [0.4, 0.5) is 5.95 Å². The zero-order valence-electron chi connectivity index (χ0n) is 19.0. The molecule has 4 aromatic rings. The van der Waals surface area contributed by atoms with Gasteiger partial charge in [-0.25, -0.2) is 4.52 Å². The first kappa shape index (κ1) is 22.1. The van der Waals surface area contributed by atoms with Gasteiger partial charge in [0, 0.05) is 17.8 Å². The van der Waals surface area contributed by atoms with Gasteiger partial charge in [-0.3, -0.25) is 9.59 Å². The highest BCUT2D eigenvalue weighted by molar-refractivity contribution is 7.12. The van der Waals surface area contributed by atoms with E-state index >= 15 is 0 Å². The molecule has 0 aliphatic heterocycles. The number of carbonyl (C=O) groups excluding carboxylic acids is 2. The monoisotopic (exact) mass is 474 g/mol. The average molecular weight is 475 g/mol. The lowest BCUT2D eigenvalue weighted by Crippen LogP contribution is -2.30. The van der Waals surface area contributed by atoms with Crippen LogP contribution in [-0.2, 0) is 6.42 Å². The SMILES string of the molecule is CC(C)NC(=O)c1cc(-c2csc(C(=O)N[C@H]3CCCc4ccccc43)c2)cn2nc(N)nc12. The summed E-state index contributed by atoms with van der Waals surface area (Å²) in [7, 11) is 0. The van der Waals surface area contributed by atoms with Gasteiger partial charge in [0.25, 0.3) is 11.8 Å². The van der Waals surface area contributed by atoms with Gasteiger partial charge in [0.2, 0.25) is 5.95 Å². The van der Waals surface area contributed by atoms with Crippen LogP contribution in [0.3, 0.4) is 0 Å². The molecule has 0 radical (unpaired) electrons. The van der Waals surface area contributed by atoms with E-state index in [1.54, 1.807) is 12.3 Å².